The van der Waals surface area contributed by atoms with E-state index in [9.17, 15) is 4.79 Å². The summed E-state index contributed by atoms with van der Waals surface area (Å²) in [5, 5.41) is 2.00. The van der Waals surface area contributed by atoms with Crippen LogP contribution >= 0.6 is 0 Å². The third-order valence-corrected chi connectivity index (χ3v) is 3.32. The zero-order chi connectivity index (χ0) is 13.9. The SMILES string of the molecule is Cc1ccc(C(=O)Oc2ccccc2)c2ccccc12. The molecule has 0 N–H and O–H groups in total. The molecule has 20 heavy (non-hydrogen) atoms. The summed E-state index contributed by atoms with van der Waals surface area (Å²) in [5.41, 5.74) is 1.74. The van der Waals surface area contributed by atoms with Crippen LogP contribution in [0.5, 0.6) is 5.75 Å². The highest BCUT2D eigenvalue weighted by Gasteiger charge is 2.13. The van der Waals surface area contributed by atoms with E-state index < -0.39 is 0 Å². The van der Waals surface area contributed by atoms with E-state index in [0.29, 0.717) is 11.3 Å². The Morgan fingerprint density at radius 2 is 1.45 bits per heavy atom. The van der Waals surface area contributed by atoms with Gasteiger partial charge in [-0.15, -0.1) is 0 Å². The fraction of sp³-hybridized carbons (Fsp3) is 0.0556. The van der Waals surface area contributed by atoms with E-state index in [2.05, 4.69) is 0 Å². The van der Waals surface area contributed by atoms with Crippen molar-refractivity contribution in [3.63, 3.8) is 0 Å². The predicted molar refractivity (Wildman–Crippen MR) is 80.1 cm³/mol. The smallest absolute Gasteiger partial charge is 0.344 e. The van der Waals surface area contributed by atoms with Crippen molar-refractivity contribution in [2.75, 3.05) is 0 Å². The molecule has 98 valence electrons. The first kappa shape index (κ1) is 12.4. The van der Waals surface area contributed by atoms with Gasteiger partial charge in [0.25, 0.3) is 0 Å². The van der Waals surface area contributed by atoms with E-state index in [1.54, 1.807) is 12.1 Å². The van der Waals surface area contributed by atoms with Crippen LogP contribution < -0.4 is 4.74 Å². The van der Waals surface area contributed by atoms with Gasteiger partial charge in [-0.3, -0.25) is 0 Å². The van der Waals surface area contributed by atoms with Gasteiger partial charge in [-0.25, -0.2) is 4.79 Å². The van der Waals surface area contributed by atoms with E-state index in [1.165, 1.54) is 0 Å². The van der Waals surface area contributed by atoms with Gasteiger partial charge in [0.2, 0.25) is 0 Å². The molecule has 0 spiro atoms. The van der Waals surface area contributed by atoms with Crippen molar-refractivity contribution in [2.45, 2.75) is 6.92 Å². The zero-order valence-electron chi connectivity index (χ0n) is 11.2. The molecule has 0 aliphatic heterocycles. The van der Waals surface area contributed by atoms with Crippen LogP contribution in [-0.4, -0.2) is 5.97 Å². The van der Waals surface area contributed by atoms with Crippen molar-refractivity contribution < 1.29 is 9.53 Å². The van der Waals surface area contributed by atoms with E-state index >= 15 is 0 Å². The molecule has 0 radical (unpaired) electrons. The first-order valence-corrected chi connectivity index (χ1v) is 6.51. The molecule has 0 atom stereocenters. The van der Waals surface area contributed by atoms with Gasteiger partial charge in [-0.1, -0.05) is 48.5 Å². The summed E-state index contributed by atoms with van der Waals surface area (Å²) in [6, 6.07) is 20.8. The van der Waals surface area contributed by atoms with Crippen LogP contribution in [0.1, 0.15) is 15.9 Å². The van der Waals surface area contributed by atoms with Gasteiger partial charge in [0.1, 0.15) is 5.75 Å². The van der Waals surface area contributed by atoms with Gasteiger partial charge in [0.05, 0.1) is 5.56 Å². The Bertz CT molecular complexity index is 761. The quantitative estimate of drug-likeness (QED) is 0.506. The Kier molecular flexibility index (Phi) is 3.21. The predicted octanol–water partition coefficient (Wildman–Crippen LogP) is 4.37. The minimum Gasteiger partial charge on any atom is -0.423 e. The highest BCUT2D eigenvalue weighted by atomic mass is 16.5. The molecule has 3 aromatic carbocycles. The molecule has 0 aliphatic rings. The van der Waals surface area contributed by atoms with E-state index in [-0.39, 0.29) is 5.97 Å². The fourth-order valence-electron chi connectivity index (χ4n) is 2.28. The number of rotatable bonds is 2. The average Bonchev–Trinajstić information content (AvgIpc) is 2.49. The Morgan fingerprint density at radius 1 is 0.800 bits per heavy atom. The van der Waals surface area contributed by atoms with Crippen molar-refractivity contribution in [3.05, 3.63) is 77.9 Å². The lowest BCUT2D eigenvalue weighted by atomic mass is 10.0. The third kappa shape index (κ3) is 2.28. The fourth-order valence-corrected chi connectivity index (χ4v) is 2.28. The molecule has 3 aromatic rings. The second kappa shape index (κ2) is 5.17. The standard InChI is InChI=1S/C18H14O2/c1-13-11-12-17(16-10-6-5-9-15(13)16)18(19)20-14-7-3-2-4-8-14/h2-12H,1H3. The maximum absolute atomic E-state index is 12.3. The van der Waals surface area contributed by atoms with Crippen LogP contribution in [0.4, 0.5) is 0 Å². The molecule has 0 bridgehead atoms. The molecule has 0 unspecified atom stereocenters. The summed E-state index contributed by atoms with van der Waals surface area (Å²) in [4.78, 5) is 12.3. The number of fused-ring (bicyclic) bond motifs is 1. The lowest BCUT2D eigenvalue weighted by Gasteiger charge is -2.09. The van der Waals surface area contributed by atoms with Crippen molar-refractivity contribution in [2.24, 2.45) is 0 Å². The van der Waals surface area contributed by atoms with Crippen LogP contribution in [-0.2, 0) is 0 Å². The highest BCUT2D eigenvalue weighted by Crippen LogP contribution is 2.23. The van der Waals surface area contributed by atoms with E-state index in [4.69, 9.17) is 4.74 Å². The average molecular weight is 262 g/mol. The van der Waals surface area contributed by atoms with Gasteiger partial charge in [0.15, 0.2) is 0 Å². The monoisotopic (exact) mass is 262 g/mol. The lowest BCUT2D eigenvalue weighted by molar-refractivity contribution is 0.0737. The van der Waals surface area contributed by atoms with Gasteiger partial charge in [0, 0.05) is 0 Å². The lowest BCUT2D eigenvalue weighted by Crippen LogP contribution is -2.09. The van der Waals surface area contributed by atoms with Gasteiger partial charge in [-0.05, 0) is 41.5 Å². The molecule has 0 amide bonds. The largest absolute Gasteiger partial charge is 0.423 e. The molecule has 0 fully saturated rings. The summed E-state index contributed by atoms with van der Waals surface area (Å²) >= 11 is 0. The molecule has 3 rings (SSSR count). The minimum absolute atomic E-state index is 0.326. The number of ether oxygens (including phenoxy) is 1. The zero-order valence-corrected chi connectivity index (χ0v) is 11.2. The number of benzene rings is 3. The number of esters is 1. The molecule has 0 aliphatic carbocycles. The van der Waals surface area contributed by atoms with Crippen LogP contribution in [0.2, 0.25) is 0 Å². The topological polar surface area (TPSA) is 26.3 Å². The summed E-state index contributed by atoms with van der Waals surface area (Å²) in [7, 11) is 0. The second-order valence-electron chi connectivity index (χ2n) is 4.68. The molecule has 0 aromatic heterocycles. The van der Waals surface area contributed by atoms with Crippen molar-refractivity contribution in [1.82, 2.24) is 0 Å². The van der Waals surface area contributed by atoms with Gasteiger partial charge >= 0.3 is 5.97 Å². The maximum atomic E-state index is 12.3. The molecule has 0 heterocycles. The number of aryl methyl sites for hydroxylation is 1. The molecular weight excluding hydrogens is 248 g/mol. The second-order valence-corrected chi connectivity index (χ2v) is 4.68. The minimum atomic E-state index is -0.326. The van der Waals surface area contributed by atoms with Crippen LogP contribution in [0, 0.1) is 6.92 Å². The molecule has 0 saturated carbocycles. The number of carbonyl (C=O) groups excluding carboxylic acids is 1. The molecular formula is C18H14O2. The van der Waals surface area contributed by atoms with Gasteiger partial charge < -0.3 is 4.74 Å². The Labute approximate surface area is 117 Å². The van der Waals surface area contributed by atoms with Crippen LogP contribution in [0.3, 0.4) is 0 Å². The van der Waals surface area contributed by atoms with E-state index in [1.807, 2.05) is 61.5 Å². The van der Waals surface area contributed by atoms with Crippen molar-refractivity contribution in [3.8, 4) is 5.75 Å². The summed E-state index contributed by atoms with van der Waals surface area (Å²) < 4.78 is 5.41. The summed E-state index contributed by atoms with van der Waals surface area (Å²) in [5.74, 6) is 0.231. The number of carbonyl (C=O) groups is 1. The first-order valence-electron chi connectivity index (χ1n) is 6.51. The van der Waals surface area contributed by atoms with Crippen molar-refractivity contribution >= 4 is 16.7 Å². The summed E-state index contributed by atoms with van der Waals surface area (Å²) in [6.07, 6.45) is 0. The van der Waals surface area contributed by atoms with Crippen LogP contribution in [0.25, 0.3) is 10.8 Å². The summed E-state index contributed by atoms with van der Waals surface area (Å²) in [6.45, 7) is 2.04. The Balaban J connectivity index is 2.02. The Hall–Kier alpha value is -2.61. The van der Waals surface area contributed by atoms with E-state index in [0.717, 1.165) is 16.3 Å². The number of hydrogen-bond donors (Lipinski definition) is 0. The Morgan fingerprint density at radius 3 is 2.20 bits per heavy atom. The normalized spacial score (nSPS) is 10.4. The van der Waals surface area contributed by atoms with Gasteiger partial charge in [-0.2, -0.15) is 0 Å². The maximum Gasteiger partial charge on any atom is 0.344 e. The van der Waals surface area contributed by atoms with Crippen molar-refractivity contribution in [1.29, 1.82) is 0 Å². The highest BCUT2D eigenvalue weighted by molar-refractivity contribution is 6.06. The first-order chi connectivity index (χ1) is 9.75. The number of para-hydroxylation sites is 1. The molecule has 2 heteroatoms. The molecule has 2 nitrogen and oxygen atoms in total. The van der Waals surface area contributed by atoms with Crippen LogP contribution in [0.15, 0.2) is 66.7 Å². The third-order valence-electron chi connectivity index (χ3n) is 3.32. The number of hydrogen-bond acceptors (Lipinski definition) is 2. The molecule has 0 saturated heterocycles.